The minimum Gasteiger partial charge on any atom is -0.351 e. The van der Waals surface area contributed by atoms with Crippen LogP contribution in [0.4, 0.5) is 5.69 Å². The van der Waals surface area contributed by atoms with Crippen LogP contribution in [0.15, 0.2) is 18.2 Å². The van der Waals surface area contributed by atoms with Crippen molar-refractivity contribution in [2.75, 3.05) is 0 Å². The number of nitro groups is 1. The van der Waals surface area contributed by atoms with E-state index in [2.05, 4.69) is 5.32 Å². The van der Waals surface area contributed by atoms with Gasteiger partial charge in [0.2, 0.25) is 5.91 Å². The second-order valence-corrected chi connectivity index (χ2v) is 3.95. The van der Waals surface area contributed by atoms with Gasteiger partial charge in [0.25, 0.3) is 5.69 Å². The number of benzene rings is 1. The number of hydrogen-bond donors (Lipinski definition) is 2. The molecule has 0 saturated carbocycles. The molecular weight excluding hydrogens is 246 g/mol. The molecule has 1 aromatic rings. The Bertz CT molecular complexity index is 448. The Labute approximate surface area is 103 Å². The van der Waals surface area contributed by atoms with E-state index in [0.29, 0.717) is 10.6 Å². The lowest BCUT2D eigenvalue weighted by molar-refractivity contribution is -0.384. The molecule has 0 spiro atoms. The number of rotatable bonds is 4. The van der Waals surface area contributed by atoms with Gasteiger partial charge in [-0.05, 0) is 18.6 Å². The van der Waals surface area contributed by atoms with Crippen LogP contribution in [-0.2, 0) is 11.3 Å². The zero-order valence-electron chi connectivity index (χ0n) is 9.14. The van der Waals surface area contributed by atoms with Gasteiger partial charge in [-0.25, -0.2) is 0 Å². The van der Waals surface area contributed by atoms with Crippen LogP contribution in [-0.4, -0.2) is 16.9 Å². The summed E-state index contributed by atoms with van der Waals surface area (Å²) in [5, 5.41) is 13.5. The first-order chi connectivity index (χ1) is 7.91. The smallest absolute Gasteiger partial charge is 0.269 e. The average molecular weight is 258 g/mol. The molecule has 0 heterocycles. The molecule has 0 aromatic heterocycles. The van der Waals surface area contributed by atoms with E-state index in [9.17, 15) is 14.9 Å². The van der Waals surface area contributed by atoms with Gasteiger partial charge in [0.05, 0.1) is 11.0 Å². The molecule has 0 unspecified atom stereocenters. The van der Waals surface area contributed by atoms with Gasteiger partial charge in [-0.15, -0.1) is 0 Å². The van der Waals surface area contributed by atoms with Crippen molar-refractivity contribution in [3.05, 3.63) is 38.9 Å². The van der Waals surface area contributed by atoms with Crippen molar-refractivity contribution < 1.29 is 9.72 Å². The zero-order chi connectivity index (χ0) is 13.0. The van der Waals surface area contributed by atoms with E-state index in [1.807, 2.05) is 0 Å². The predicted octanol–water partition coefficient (Wildman–Crippen LogP) is 1.21. The second-order valence-electron chi connectivity index (χ2n) is 3.54. The van der Waals surface area contributed by atoms with Crippen LogP contribution in [0.3, 0.4) is 0 Å². The Morgan fingerprint density at radius 2 is 2.29 bits per heavy atom. The number of nitrogens with one attached hydrogen (secondary N) is 1. The first kappa shape index (κ1) is 13.4. The number of nitrogens with zero attached hydrogens (tertiary/aromatic N) is 1. The second kappa shape index (κ2) is 5.60. The summed E-state index contributed by atoms with van der Waals surface area (Å²) in [6, 6.07) is 3.42. The Kier molecular flexibility index (Phi) is 4.42. The molecule has 0 bridgehead atoms. The Morgan fingerprint density at radius 3 is 2.82 bits per heavy atom. The molecule has 0 aliphatic heterocycles. The predicted molar refractivity (Wildman–Crippen MR) is 63.6 cm³/mol. The number of nitrogens with two attached hydrogens (primary N) is 1. The standard InChI is InChI=1S/C10H12ClN3O3/c1-6(12)10(15)13-5-7-4-8(14(16)17)2-3-9(7)11/h2-4,6H,5,12H2,1H3,(H,13,15)/t6-/m1/s1. The highest BCUT2D eigenvalue weighted by Crippen LogP contribution is 2.21. The number of carbonyl (C=O) groups is 1. The summed E-state index contributed by atoms with van der Waals surface area (Å²) in [5.74, 6) is -0.340. The lowest BCUT2D eigenvalue weighted by Crippen LogP contribution is -2.37. The van der Waals surface area contributed by atoms with Crippen molar-refractivity contribution in [1.82, 2.24) is 5.32 Å². The Balaban J connectivity index is 2.80. The maximum absolute atomic E-state index is 11.2. The third kappa shape index (κ3) is 3.69. The van der Waals surface area contributed by atoms with E-state index < -0.39 is 11.0 Å². The molecular formula is C10H12ClN3O3. The van der Waals surface area contributed by atoms with Crippen molar-refractivity contribution in [1.29, 1.82) is 0 Å². The highest BCUT2D eigenvalue weighted by molar-refractivity contribution is 6.31. The maximum Gasteiger partial charge on any atom is 0.269 e. The fourth-order valence-corrected chi connectivity index (χ4v) is 1.34. The fraction of sp³-hybridized carbons (Fsp3) is 0.300. The van der Waals surface area contributed by atoms with E-state index >= 15 is 0 Å². The number of amides is 1. The van der Waals surface area contributed by atoms with Crippen molar-refractivity contribution in [2.45, 2.75) is 19.5 Å². The van der Waals surface area contributed by atoms with Crippen LogP contribution in [0.1, 0.15) is 12.5 Å². The van der Waals surface area contributed by atoms with Gasteiger partial charge in [-0.3, -0.25) is 14.9 Å². The lowest BCUT2D eigenvalue weighted by Gasteiger charge is -2.08. The quantitative estimate of drug-likeness (QED) is 0.626. The molecule has 92 valence electrons. The first-order valence-corrected chi connectivity index (χ1v) is 5.25. The molecule has 0 aliphatic carbocycles. The van der Waals surface area contributed by atoms with E-state index in [1.54, 1.807) is 6.92 Å². The third-order valence-corrected chi connectivity index (χ3v) is 2.48. The van der Waals surface area contributed by atoms with Gasteiger partial charge in [0.15, 0.2) is 0 Å². The SMILES string of the molecule is C[C@@H](N)C(=O)NCc1cc([N+](=O)[O-])ccc1Cl. The first-order valence-electron chi connectivity index (χ1n) is 4.88. The largest absolute Gasteiger partial charge is 0.351 e. The summed E-state index contributed by atoms with van der Waals surface area (Å²) in [7, 11) is 0. The van der Waals surface area contributed by atoms with E-state index in [0.717, 1.165) is 0 Å². The van der Waals surface area contributed by atoms with Gasteiger partial charge in [0, 0.05) is 23.7 Å². The molecule has 0 radical (unpaired) electrons. The number of nitro benzene ring substituents is 1. The van der Waals surface area contributed by atoms with Crippen LogP contribution >= 0.6 is 11.6 Å². The van der Waals surface area contributed by atoms with E-state index in [-0.39, 0.29) is 18.1 Å². The molecule has 17 heavy (non-hydrogen) atoms. The van der Waals surface area contributed by atoms with Crippen LogP contribution in [0, 0.1) is 10.1 Å². The van der Waals surface area contributed by atoms with Crippen molar-refractivity contribution in [2.24, 2.45) is 5.73 Å². The van der Waals surface area contributed by atoms with Crippen molar-refractivity contribution in [3.63, 3.8) is 0 Å². The van der Waals surface area contributed by atoms with Crippen LogP contribution < -0.4 is 11.1 Å². The molecule has 3 N–H and O–H groups in total. The molecule has 6 nitrogen and oxygen atoms in total. The van der Waals surface area contributed by atoms with Crippen molar-refractivity contribution >= 4 is 23.2 Å². The average Bonchev–Trinajstić information content (AvgIpc) is 2.26. The zero-order valence-corrected chi connectivity index (χ0v) is 9.90. The van der Waals surface area contributed by atoms with Crippen LogP contribution in [0.5, 0.6) is 0 Å². The number of hydrogen-bond acceptors (Lipinski definition) is 4. The maximum atomic E-state index is 11.2. The number of non-ortho nitro benzene ring substituents is 1. The van der Waals surface area contributed by atoms with Crippen molar-refractivity contribution in [3.8, 4) is 0 Å². The highest BCUT2D eigenvalue weighted by atomic mass is 35.5. The molecule has 0 saturated heterocycles. The van der Waals surface area contributed by atoms with Gasteiger partial charge in [-0.2, -0.15) is 0 Å². The highest BCUT2D eigenvalue weighted by Gasteiger charge is 2.11. The summed E-state index contributed by atoms with van der Waals surface area (Å²) in [4.78, 5) is 21.3. The van der Waals surface area contributed by atoms with Gasteiger partial charge in [0.1, 0.15) is 0 Å². The number of carbonyl (C=O) groups excluding carboxylic acids is 1. The summed E-state index contributed by atoms with van der Waals surface area (Å²) < 4.78 is 0. The summed E-state index contributed by atoms with van der Waals surface area (Å²) in [6.45, 7) is 1.66. The molecule has 1 amide bonds. The monoisotopic (exact) mass is 257 g/mol. The Morgan fingerprint density at radius 1 is 1.65 bits per heavy atom. The van der Waals surface area contributed by atoms with Crippen LogP contribution in [0.25, 0.3) is 0 Å². The minimum atomic E-state index is -0.632. The normalized spacial score (nSPS) is 11.9. The summed E-state index contributed by atoms with van der Waals surface area (Å²) in [5.41, 5.74) is 5.77. The third-order valence-electron chi connectivity index (χ3n) is 2.11. The topological polar surface area (TPSA) is 98.3 Å². The minimum absolute atomic E-state index is 0.0700. The summed E-state index contributed by atoms with van der Waals surface area (Å²) >= 11 is 5.86. The molecule has 1 aromatic carbocycles. The molecule has 7 heteroatoms. The molecule has 0 fully saturated rings. The van der Waals surface area contributed by atoms with Gasteiger partial charge < -0.3 is 11.1 Å². The molecule has 0 aliphatic rings. The Hall–Kier alpha value is -1.66. The fourth-order valence-electron chi connectivity index (χ4n) is 1.15. The summed E-state index contributed by atoms with van der Waals surface area (Å²) in [6.07, 6.45) is 0. The van der Waals surface area contributed by atoms with Gasteiger partial charge in [-0.1, -0.05) is 11.6 Å². The van der Waals surface area contributed by atoms with E-state index in [4.69, 9.17) is 17.3 Å². The number of halogens is 1. The van der Waals surface area contributed by atoms with E-state index in [1.165, 1.54) is 18.2 Å². The lowest BCUT2D eigenvalue weighted by atomic mass is 10.2. The van der Waals surface area contributed by atoms with Crippen LogP contribution in [0.2, 0.25) is 5.02 Å². The molecule has 1 atom stereocenters. The molecule has 1 rings (SSSR count). The van der Waals surface area contributed by atoms with Gasteiger partial charge >= 0.3 is 0 Å².